The topological polar surface area (TPSA) is 74.7 Å². The van der Waals surface area contributed by atoms with Crippen LogP contribution in [-0.4, -0.2) is 36.9 Å². The molecule has 0 aliphatic rings. The van der Waals surface area contributed by atoms with Crippen LogP contribution < -0.4 is 0 Å². The monoisotopic (exact) mass is 359 g/mol. The largest absolute Gasteiger partial charge is 0.285 e. The Morgan fingerprint density at radius 2 is 1.76 bits per heavy atom. The second-order valence-corrected chi connectivity index (χ2v) is 7.90. The van der Waals surface area contributed by atoms with Crippen molar-refractivity contribution >= 4 is 21.8 Å². The number of hydrogen-bond donors (Lipinski definition) is 1. The van der Waals surface area contributed by atoms with Crippen LogP contribution in [-0.2, 0) is 14.6 Å². The zero-order valence-corrected chi connectivity index (χ0v) is 15.2. The van der Waals surface area contributed by atoms with E-state index in [1.807, 2.05) is 30.3 Å². The molecule has 1 atom stereocenters. The van der Waals surface area contributed by atoms with E-state index in [1.165, 1.54) is 13.2 Å². The van der Waals surface area contributed by atoms with Crippen LogP contribution in [0.3, 0.4) is 0 Å². The van der Waals surface area contributed by atoms with Crippen LogP contribution in [0.15, 0.2) is 59.5 Å². The van der Waals surface area contributed by atoms with Crippen molar-refractivity contribution in [2.24, 2.45) is 0 Å². The smallest absolute Gasteiger partial charge is 0.243 e. The van der Waals surface area contributed by atoms with Crippen LogP contribution in [0.2, 0.25) is 0 Å². The molecule has 0 heterocycles. The molecule has 0 aromatic heterocycles. The highest BCUT2D eigenvalue weighted by Crippen LogP contribution is 2.23. The van der Waals surface area contributed by atoms with Crippen molar-refractivity contribution in [2.45, 2.75) is 24.8 Å². The Hall–Kier alpha value is -2.44. The summed E-state index contributed by atoms with van der Waals surface area (Å²) in [7, 11) is -3.21. The molecular weight excluding hydrogens is 338 g/mol. The first-order valence-corrected chi connectivity index (χ1v) is 9.65. The number of hydroxylamine groups is 2. The first-order chi connectivity index (χ1) is 11.7. The van der Waals surface area contributed by atoms with Gasteiger partial charge < -0.3 is 0 Å². The van der Waals surface area contributed by atoms with E-state index in [9.17, 15) is 18.4 Å². The van der Waals surface area contributed by atoms with Crippen molar-refractivity contribution in [2.75, 3.05) is 6.26 Å². The quantitative estimate of drug-likeness (QED) is 0.656. The number of carbonyl (C=O) groups excluding carboxylic acids is 1. The van der Waals surface area contributed by atoms with Gasteiger partial charge in [0.1, 0.15) is 0 Å². The van der Waals surface area contributed by atoms with E-state index in [2.05, 4.69) is 0 Å². The zero-order valence-electron chi connectivity index (χ0n) is 14.4. The Bertz CT molecular complexity index is 886. The molecule has 0 aliphatic heterocycles. The molecule has 2 aromatic carbocycles. The fourth-order valence-electron chi connectivity index (χ4n) is 2.34. The van der Waals surface area contributed by atoms with Crippen LogP contribution >= 0.6 is 0 Å². The van der Waals surface area contributed by atoms with Gasteiger partial charge in [-0.15, -0.1) is 0 Å². The van der Waals surface area contributed by atoms with Gasteiger partial charge in [0.25, 0.3) is 0 Å². The van der Waals surface area contributed by atoms with Crippen molar-refractivity contribution < 1.29 is 18.4 Å². The lowest BCUT2D eigenvalue weighted by molar-refractivity contribution is -0.167. The van der Waals surface area contributed by atoms with E-state index in [0.717, 1.165) is 16.7 Å². The lowest BCUT2D eigenvalue weighted by Gasteiger charge is -2.17. The third-order valence-electron chi connectivity index (χ3n) is 3.78. The van der Waals surface area contributed by atoms with Crippen molar-refractivity contribution in [1.82, 2.24) is 5.06 Å². The Morgan fingerprint density at radius 1 is 1.12 bits per heavy atom. The maximum absolute atomic E-state index is 11.5. The first-order valence-electron chi connectivity index (χ1n) is 7.76. The number of carbonyl (C=O) groups is 1. The fourth-order valence-corrected chi connectivity index (χ4v) is 2.97. The van der Waals surface area contributed by atoms with Gasteiger partial charge in [-0.2, -0.15) is 0 Å². The second kappa shape index (κ2) is 7.63. The molecule has 0 saturated carbocycles. The number of sulfone groups is 1. The molecule has 25 heavy (non-hydrogen) atoms. The molecule has 1 N–H and O–H groups in total. The first kappa shape index (κ1) is 18.9. The lowest BCUT2D eigenvalue weighted by atomic mass is 10.0. The van der Waals surface area contributed by atoms with Gasteiger partial charge in [-0.3, -0.25) is 10.0 Å². The number of hydrogen-bond acceptors (Lipinski definition) is 4. The van der Waals surface area contributed by atoms with Gasteiger partial charge in [0.15, 0.2) is 9.84 Å². The van der Waals surface area contributed by atoms with Gasteiger partial charge in [-0.1, -0.05) is 42.5 Å². The third kappa shape index (κ3) is 5.01. The number of benzene rings is 2. The Balaban J connectivity index is 2.23. The molecule has 132 valence electrons. The van der Waals surface area contributed by atoms with Crippen molar-refractivity contribution in [3.8, 4) is 11.1 Å². The molecule has 0 saturated heterocycles. The molecular formula is C19H21NO4S. The maximum atomic E-state index is 11.5. The second-order valence-electron chi connectivity index (χ2n) is 5.89. The molecule has 0 spiro atoms. The highest BCUT2D eigenvalue weighted by atomic mass is 32.2. The summed E-state index contributed by atoms with van der Waals surface area (Å²) < 4.78 is 23.1. The molecule has 0 radical (unpaired) electrons. The summed E-state index contributed by atoms with van der Waals surface area (Å²) in [6, 6.07) is 14.0. The third-order valence-corrected chi connectivity index (χ3v) is 4.91. The summed E-state index contributed by atoms with van der Waals surface area (Å²) in [5.41, 5.74) is 2.76. The minimum Gasteiger partial charge on any atom is -0.285 e. The molecule has 2 aromatic rings. The predicted octanol–water partition coefficient (Wildman–Crippen LogP) is 3.40. The molecule has 2 rings (SSSR count). The molecule has 0 aliphatic carbocycles. The average Bonchev–Trinajstić information content (AvgIpc) is 2.58. The molecule has 6 heteroatoms. The number of amides is 1. The van der Waals surface area contributed by atoms with E-state index in [4.69, 9.17) is 0 Å². The molecule has 0 fully saturated rings. The maximum Gasteiger partial charge on any atom is 0.243 e. The highest BCUT2D eigenvalue weighted by molar-refractivity contribution is 7.90. The van der Waals surface area contributed by atoms with E-state index in [-0.39, 0.29) is 4.90 Å². The summed E-state index contributed by atoms with van der Waals surface area (Å²) in [6.07, 6.45) is 4.73. The van der Waals surface area contributed by atoms with Crippen LogP contribution in [0.1, 0.15) is 19.4 Å². The minimum atomic E-state index is -3.21. The van der Waals surface area contributed by atoms with Crippen molar-refractivity contribution in [1.29, 1.82) is 0 Å². The van der Waals surface area contributed by atoms with Crippen LogP contribution in [0.5, 0.6) is 0 Å². The van der Waals surface area contributed by atoms with E-state index >= 15 is 0 Å². The lowest BCUT2D eigenvalue weighted by Crippen LogP contribution is -2.32. The predicted molar refractivity (Wildman–Crippen MR) is 97.8 cm³/mol. The normalized spacial score (nSPS) is 13.0. The van der Waals surface area contributed by atoms with Gasteiger partial charge in [0.2, 0.25) is 5.91 Å². The van der Waals surface area contributed by atoms with Gasteiger partial charge >= 0.3 is 0 Å². The SMILES string of the molecule is CC(=O)N(O)[C@@H](C)C=Cc1cccc(-c2ccc(S(C)(=O)=O)cc2)c1. The zero-order chi connectivity index (χ0) is 18.6. The Labute approximate surface area is 148 Å². The average molecular weight is 359 g/mol. The molecule has 1 amide bonds. The van der Waals surface area contributed by atoms with Gasteiger partial charge in [0.05, 0.1) is 10.9 Å². The van der Waals surface area contributed by atoms with Gasteiger partial charge in [-0.05, 0) is 41.8 Å². The fraction of sp³-hybridized carbons (Fsp3) is 0.211. The Morgan fingerprint density at radius 3 is 2.32 bits per heavy atom. The number of rotatable bonds is 5. The van der Waals surface area contributed by atoms with Crippen LogP contribution in [0.25, 0.3) is 17.2 Å². The minimum absolute atomic E-state index is 0.286. The molecule has 0 bridgehead atoms. The summed E-state index contributed by atoms with van der Waals surface area (Å²) in [5.74, 6) is -0.420. The summed E-state index contributed by atoms with van der Waals surface area (Å²) in [4.78, 5) is 11.4. The van der Waals surface area contributed by atoms with E-state index in [0.29, 0.717) is 5.06 Å². The molecule has 0 unspecified atom stereocenters. The summed E-state index contributed by atoms with van der Waals surface area (Å²) in [6.45, 7) is 3.01. The van der Waals surface area contributed by atoms with E-state index < -0.39 is 21.8 Å². The van der Waals surface area contributed by atoms with Crippen molar-refractivity contribution in [3.05, 3.63) is 60.2 Å². The van der Waals surface area contributed by atoms with Crippen molar-refractivity contribution in [3.63, 3.8) is 0 Å². The van der Waals surface area contributed by atoms with Gasteiger partial charge in [-0.25, -0.2) is 13.5 Å². The summed E-state index contributed by atoms with van der Waals surface area (Å²) in [5, 5.41) is 10.3. The highest BCUT2D eigenvalue weighted by Gasteiger charge is 2.10. The molecule has 5 nitrogen and oxygen atoms in total. The van der Waals surface area contributed by atoms with Crippen LogP contribution in [0.4, 0.5) is 0 Å². The van der Waals surface area contributed by atoms with Crippen LogP contribution in [0, 0.1) is 0 Å². The Kier molecular flexibility index (Phi) is 5.77. The van der Waals surface area contributed by atoms with E-state index in [1.54, 1.807) is 37.3 Å². The number of nitrogens with zero attached hydrogens (tertiary/aromatic N) is 1. The standard InChI is InChI=1S/C19H21NO4S/c1-14(20(22)15(2)21)7-8-16-5-4-6-18(13-16)17-9-11-19(12-10-17)25(3,23)24/h4-14,22H,1-3H3/t14-/m0/s1. The summed E-state index contributed by atoms with van der Waals surface area (Å²) >= 11 is 0. The van der Waals surface area contributed by atoms with Gasteiger partial charge in [0, 0.05) is 13.2 Å².